The van der Waals surface area contributed by atoms with Gasteiger partial charge in [0.05, 0.1) is 0 Å². The first kappa shape index (κ1) is 10.1. The highest BCUT2D eigenvalue weighted by molar-refractivity contribution is 6.07. The molecule has 2 aromatic rings. The molecule has 0 saturated heterocycles. The summed E-state index contributed by atoms with van der Waals surface area (Å²) in [5, 5.41) is 17.0. The molecule has 6 nitrogen and oxygen atoms in total. The monoisotopic (exact) mass is 221 g/mol. The summed E-state index contributed by atoms with van der Waals surface area (Å²) in [5.74, 6) is -0.498. The number of hydrogen-bond acceptors (Lipinski definition) is 5. The molecule has 0 unspecified atom stereocenters. The molecule has 0 bridgehead atoms. The van der Waals surface area contributed by atoms with Gasteiger partial charge in [-0.1, -0.05) is 6.07 Å². The van der Waals surface area contributed by atoms with E-state index in [4.69, 9.17) is 11.1 Å². The zero-order chi connectivity index (χ0) is 11.5. The fraction of sp³-hybridized carbons (Fsp3) is 0. The second kappa shape index (κ2) is 3.97. The topological polar surface area (TPSA) is 101 Å². The van der Waals surface area contributed by atoms with E-state index in [1.807, 2.05) is 0 Å². The van der Waals surface area contributed by atoms with Crippen molar-refractivity contribution in [3.63, 3.8) is 0 Å². The van der Waals surface area contributed by atoms with Crippen LogP contribution in [0.25, 0.3) is 0 Å². The lowest BCUT2D eigenvalue weighted by Gasteiger charge is -2.04. The van der Waals surface area contributed by atoms with Crippen molar-refractivity contribution in [2.24, 2.45) is 0 Å². The van der Waals surface area contributed by atoms with Crippen molar-refractivity contribution in [1.82, 2.24) is 10.3 Å². The average Bonchev–Trinajstić information content (AvgIpc) is 2.64. The predicted molar refractivity (Wildman–Crippen MR) is 55.6 cm³/mol. The highest BCUT2D eigenvalue weighted by Gasteiger charge is 2.12. The third kappa shape index (κ3) is 1.97. The van der Waals surface area contributed by atoms with Crippen LogP contribution in [0.2, 0.25) is 0 Å². The van der Waals surface area contributed by atoms with Crippen LogP contribution in [0.5, 0.6) is 0 Å². The lowest BCUT2D eigenvalue weighted by molar-refractivity contribution is 0.308. The highest BCUT2D eigenvalue weighted by atomic mass is 19.1. The number of aromatic nitrogens is 2. The van der Waals surface area contributed by atoms with E-state index in [1.54, 1.807) is 6.07 Å². The molecule has 0 amide bonds. The molecule has 2 rings (SSSR count). The van der Waals surface area contributed by atoms with Crippen molar-refractivity contribution in [3.8, 4) is 0 Å². The van der Waals surface area contributed by atoms with Crippen LogP contribution in [-0.2, 0) is 0 Å². The molecule has 0 saturated carbocycles. The van der Waals surface area contributed by atoms with Crippen molar-refractivity contribution in [2.45, 2.75) is 0 Å². The Labute approximate surface area is 89.7 Å². The van der Waals surface area contributed by atoms with Gasteiger partial charge < -0.3 is 11.1 Å². The maximum Gasteiger partial charge on any atom is 0.199 e. The summed E-state index contributed by atoms with van der Waals surface area (Å²) in [6.45, 7) is 0. The van der Waals surface area contributed by atoms with Crippen molar-refractivity contribution < 1.29 is 9.02 Å². The average molecular weight is 221 g/mol. The minimum absolute atomic E-state index is 0.00824. The molecule has 0 aliphatic heterocycles. The normalized spacial score (nSPS) is 10.1. The third-order valence-electron chi connectivity index (χ3n) is 1.84. The summed E-state index contributed by atoms with van der Waals surface area (Å²) >= 11 is 0. The van der Waals surface area contributed by atoms with Gasteiger partial charge in [-0.15, -0.1) is 0 Å². The number of rotatable bonds is 2. The van der Waals surface area contributed by atoms with Gasteiger partial charge in [0.1, 0.15) is 5.82 Å². The van der Waals surface area contributed by atoms with Crippen LogP contribution in [0.1, 0.15) is 5.69 Å². The van der Waals surface area contributed by atoms with Crippen LogP contribution >= 0.6 is 0 Å². The number of amidine groups is 1. The van der Waals surface area contributed by atoms with E-state index in [0.717, 1.165) is 0 Å². The second-order valence-corrected chi connectivity index (χ2v) is 3.01. The van der Waals surface area contributed by atoms with Crippen LogP contribution in [0, 0.1) is 11.2 Å². The lowest BCUT2D eigenvalue weighted by atomic mass is 10.3. The van der Waals surface area contributed by atoms with Crippen LogP contribution in [0.4, 0.5) is 15.9 Å². The van der Waals surface area contributed by atoms with E-state index in [0.29, 0.717) is 5.69 Å². The number of nitrogens with two attached hydrogens (primary N) is 1. The van der Waals surface area contributed by atoms with E-state index < -0.39 is 5.82 Å². The fourth-order valence-corrected chi connectivity index (χ4v) is 1.14. The smallest absolute Gasteiger partial charge is 0.199 e. The number of anilines is 2. The Morgan fingerprint density at radius 1 is 1.44 bits per heavy atom. The van der Waals surface area contributed by atoms with Gasteiger partial charge in [-0.05, 0) is 28.5 Å². The zero-order valence-electron chi connectivity index (χ0n) is 8.07. The Balaban J connectivity index is 2.17. The number of nitrogen functional groups attached to an aromatic ring is 1. The van der Waals surface area contributed by atoms with Gasteiger partial charge in [-0.25, -0.2) is 9.02 Å². The van der Waals surface area contributed by atoms with Gasteiger partial charge in [-0.3, -0.25) is 5.41 Å². The molecular formula is C9H8FN5O. The molecule has 0 radical (unpaired) electrons. The molecule has 4 N–H and O–H groups in total. The molecule has 16 heavy (non-hydrogen) atoms. The van der Waals surface area contributed by atoms with Crippen molar-refractivity contribution in [1.29, 1.82) is 5.41 Å². The van der Waals surface area contributed by atoms with Crippen LogP contribution in [0.3, 0.4) is 0 Å². The molecule has 0 aliphatic carbocycles. The van der Waals surface area contributed by atoms with Crippen LogP contribution in [-0.4, -0.2) is 16.1 Å². The van der Waals surface area contributed by atoms with Crippen molar-refractivity contribution in [3.05, 3.63) is 35.8 Å². The number of nitrogens with one attached hydrogen (secondary N) is 2. The Morgan fingerprint density at radius 3 is 2.88 bits per heavy atom. The number of halogens is 1. The number of benzene rings is 1. The first-order valence-electron chi connectivity index (χ1n) is 4.36. The quantitative estimate of drug-likeness (QED) is 0.523. The van der Waals surface area contributed by atoms with Gasteiger partial charge in [0, 0.05) is 5.69 Å². The second-order valence-electron chi connectivity index (χ2n) is 3.01. The molecule has 82 valence electrons. The summed E-state index contributed by atoms with van der Waals surface area (Å²) in [7, 11) is 0. The Hall–Kier alpha value is -2.44. The zero-order valence-corrected chi connectivity index (χ0v) is 8.07. The first-order valence-corrected chi connectivity index (χ1v) is 4.36. The fourth-order valence-electron chi connectivity index (χ4n) is 1.14. The molecule has 0 spiro atoms. The number of hydrogen-bond donors (Lipinski definition) is 3. The van der Waals surface area contributed by atoms with E-state index in [1.165, 1.54) is 18.2 Å². The molecule has 1 aromatic heterocycles. The van der Waals surface area contributed by atoms with E-state index in [2.05, 4.69) is 20.3 Å². The molecule has 0 aliphatic rings. The van der Waals surface area contributed by atoms with Crippen molar-refractivity contribution in [2.75, 3.05) is 11.1 Å². The molecule has 1 aromatic carbocycles. The van der Waals surface area contributed by atoms with Gasteiger partial charge in [0.15, 0.2) is 17.3 Å². The van der Waals surface area contributed by atoms with E-state index in [-0.39, 0.29) is 17.3 Å². The highest BCUT2D eigenvalue weighted by Crippen LogP contribution is 2.12. The van der Waals surface area contributed by atoms with Gasteiger partial charge in [0.25, 0.3) is 0 Å². The standard InChI is InChI=1S/C9H8FN5O/c10-5-2-1-3-6(4-5)13-8(11)7-9(12)15-16-14-7/h1-4H,(H2,11,13)(H2,12,15). The number of nitrogens with zero attached hydrogens (tertiary/aromatic N) is 2. The Morgan fingerprint density at radius 2 is 2.25 bits per heavy atom. The van der Waals surface area contributed by atoms with Crippen molar-refractivity contribution >= 4 is 17.3 Å². The Bertz CT molecular complexity index is 524. The summed E-state index contributed by atoms with van der Waals surface area (Å²) in [6.07, 6.45) is 0. The molecular weight excluding hydrogens is 213 g/mol. The molecule has 7 heteroatoms. The van der Waals surface area contributed by atoms with Gasteiger partial charge >= 0.3 is 0 Å². The van der Waals surface area contributed by atoms with E-state index in [9.17, 15) is 4.39 Å². The first-order chi connectivity index (χ1) is 7.66. The third-order valence-corrected chi connectivity index (χ3v) is 1.84. The Kier molecular flexibility index (Phi) is 2.50. The molecule has 1 heterocycles. The lowest BCUT2D eigenvalue weighted by Crippen LogP contribution is -2.14. The predicted octanol–water partition coefficient (Wildman–Crippen LogP) is 1.23. The summed E-state index contributed by atoms with van der Waals surface area (Å²) in [6, 6.07) is 5.69. The minimum atomic E-state index is -0.399. The summed E-state index contributed by atoms with van der Waals surface area (Å²) in [5.41, 5.74) is 5.91. The van der Waals surface area contributed by atoms with Gasteiger partial charge in [0.2, 0.25) is 0 Å². The van der Waals surface area contributed by atoms with Gasteiger partial charge in [-0.2, -0.15) is 0 Å². The van der Waals surface area contributed by atoms with Crippen LogP contribution in [0.15, 0.2) is 28.9 Å². The largest absolute Gasteiger partial charge is 0.379 e. The maximum atomic E-state index is 12.9. The van der Waals surface area contributed by atoms with Crippen LogP contribution < -0.4 is 11.1 Å². The summed E-state index contributed by atoms with van der Waals surface area (Å²) in [4.78, 5) is 0. The summed E-state index contributed by atoms with van der Waals surface area (Å²) < 4.78 is 17.2. The maximum absolute atomic E-state index is 12.9. The SMILES string of the molecule is N=C(Nc1cccc(F)c1)c1nonc1N. The van der Waals surface area contributed by atoms with E-state index >= 15 is 0 Å². The minimum Gasteiger partial charge on any atom is -0.379 e. The molecule has 0 atom stereocenters. The molecule has 0 fully saturated rings.